The average molecular weight is 497 g/mol. The van der Waals surface area contributed by atoms with Gasteiger partial charge in [0, 0.05) is 12.0 Å². The van der Waals surface area contributed by atoms with E-state index in [9.17, 15) is 13.5 Å². The Bertz CT molecular complexity index is 1380. The molecule has 0 saturated heterocycles. The molecule has 2 atom stereocenters. The van der Waals surface area contributed by atoms with Crippen molar-refractivity contribution >= 4 is 20.6 Å². The van der Waals surface area contributed by atoms with Crippen molar-refractivity contribution in [1.82, 2.24) is 0 Å². The van der Waals surface area contributed by atoms with E-state index in [0.717, 1.165) is 62.9 Å². The van der Waals surface area contributed by atoms with Crippen molar-refractivity contribution in [2.24, 2.45) is 0 Å². The van der Waals surface area contributed by atoms with Gasteiger partial charge in [0.15, 0.2) is 9.84 Å². The Balaban J connectivity index is 1.45. The predicted molar refractivity (Wildman–Crippen MR) is 142 cm³/mol. The molecule has 1 N–H and O–H groups in total. The Hall–Kier alpha value is -2.73. The molecule has 5 nitrogen and oxygen atoms in total. The Labute approximate surface area is 209 Å². The molecule has 0 spiro atoms. The molecule has 3 aromatic carbocycles. The van der Waals surface area contributed by atoms with Gasteiger partial charge in [-0.05, 0) is 91.6 Å². The first-order valence-electron chi connectivity index (χ1n) is 12.2. The van der Waals surface area contributed by atoms with Gasteiger partial charge in [0.1, 0.15) is 22.8 Å². The fourth-order valence-corrected chi connectivity index (χ4v) is 6.94. The smallest absolute Gasteiger partial charge is 0.151 e. The van der Waals surface area contributed by atoms with Crippen molar-refractivity contribution in [3.05, 3.63) is 64.2 Å². The van der Waals surface area contributed by atoms with Gasteiger partial charge in [-0.25, -0.2) is 8.42 Å². The van der Waals surface area contributed by atoms with Crippen molar-refractivity contribution in [2.45, 2.75) is 65.4 Å². The Morgan fingerprint density at radius 3 is 2.46 bits per heavy atom. The number of fused-ring (bicyclic) bond motifs is 2. The van der Waals surface area contributed by atoms with Crippen LogP contribution in [0.3, 0.4) is 0 Å². The fourth-order valence-electron chi connectivity index (χ4n) is 5.08. The Morgan fingerprint density at radius 2 is 1.74 bits per heavy atom. The second-order valence-electron chi connectivity index (χ2n) is 10.3. The Kier molecular flexibility index (Phi) is 6.80. The van der Waals surface area contributed by atoms with Crippen molar-refractivity contribution in [1.29, 1.82) is 0 Å². The zero-order valence-electron chi connectivity index (χ0n) is 21.6. The van der Waals surface area contributed by atoms with Crippen LogP contribution in [0.15, 0.2) is 36.4 Å². The number of rotatable bonds is 7. The predicted octanol–water partition coefficient (Wildman–Crippen LogP) is 6.17. The Morgan fingerprint density at radius 1 is 1.06 bits per heavy atom. The van der Waals surface area contributed by atoms with Gasteiger partial charge in [-0.15, -0.1) is 0 Å². The lowest BCUT2D eigenvalue weighted by atomic mass is 9.86. The van der Waals surface area contributed by atoms with E-state index in [-0.39, 0.29) is 17.4 Å². The number of aromatic hydroxyl groups is 1. The fraction of sp³-hybridized carbons (Fsp3) is 0.448. The zero-order chi connectivity index (χ0) is 25.5. The highest BCUT2D eigenvalue weighted by Gasteiger charge is 2.35. The summed E-state index contributed by atoms with van der Waals surface area (Å²) in [6.45, 7) is 9.74. The summed E-state index contributed by atoms with van der Waals surface area (Å²) in [5, 5.41) is 12.5. The van der Waals surface area contributed by atoms with Gasteiger partial charge in [0.2, 0.25) is 0 Å². The molecule has 4 rings (SSSR count). The van der Waals surface area contributed by atoms with Crippen LogP contribution in [0.2, 0.25) is 0 Å². The van der Waals surface area contributed by atoms with E-state index in [0.29, 0.717) is 12.2 Å². The number of sulfone groups is 1. The summed E-state index contributed by atoms with van der Waals surface area (Å²) in [6.07, 6.45) is 1.93. The molecule has 0 amide bonds. The zero-order valence-corrected chi connectivity index (χ0v) is 22.4. The highest BCUT2D eigenvalue weighted by molar-refractivity contribution is 7.91. The molecule has 0 radical (unpaired) electrons. The third kappa shape index (κ3) is 5.13. The average Bonchev–Trinajstić information content (AvgIpc) is 2.84. The van der Waals surface area contributed by atoms with Crippen LogP contribution in [-0.2, 0) is 16.3 Å². The summed E-state index contributed by atoms with van der Waals surface area (Å²) in [5.74, 6) is 2.03. The quantitative estimate of drug-likeness (QED) is 0.423. The topological polar surface area (TPSA) is 72.8 Å². The van der Waals surface area contributed by atoms with E-state index in [2.05, 4.69) is 6.07 Å². The molecule has 0 aromatic heterocycles. The third-order valence-corrected chi connectivity index (χ3v) is 9.51. The summed E-state index contributed by atoms with van der Waals surface area (Å²) in [4.78, 5) is 0. The maximum absolute atomic E-state index is 13.1. The van der Waals surface area contributed by atoms with Crippen LogP contribution in [-0.4, -0.2) is 37.7 Å². The molecule has 1 heterocycles. The second kappa shape index (κ2) is 9.38. The first kappa shape index (κ1) is 25.4. The molecule has 0 fully saturated rings. The lowest BCUT2D eigenvalue weighted by Crippen LogP contribution is -2.39. The molecule has 188 valence electrons. The number of benzene rings is 3. The van der Waals surface area contributed by atoms with Gasteiger partial charge in [0.25, 0.3) is 0 Å². The van der Waals surface area contributed by atoms with Crippen LogP contribution in [0.1, 0.15) is 60.4 Å². The van der Waals surface area contributed by atoms with E-state index in [1.165, 1.54) is 0 Å². The van der Waals surface area contributed by atoms with Crippen molar-refractivity contribution in [3.8, 4) is 17.2 Å². The van der Waals surface area contributed by atoms with Gasteiger partial charge in [-0.2, -0.15) is 0 Å². The van der Waals surface area contributed by atoms with Gasteiger partial charge >= 0.3 is 0 Å². The van der Waals surface area contributed by atoms with Gasteiger partial charge in [0.05, 0.1) is 18.6 Å². The number of hydrogen-bond donors (Lipinski definition) is 1. The van der Waals surface area contributed by atoms with Crippen molar-refractivity contribution in [3.63, 3.8) is 0 Å². The molecular weight excluding hydrogens is 460 g/mol. The summed E-state index contributed by atoms with van der Waals surface area (Å²) in [5.41, 5.74) is 4.11. The van der Waals surface area contributed by atoms with Crippen molar-refractivity contribution in [2.75, 3.05) is 18.6 Å². The van der Waals surface area contributed by atoms with Crippen LogP contribution in [0.4, 0.5) is 0 Å². The molecule has 3 aromatic rings. The van der Waals surface area contributed by atoms with E-state index < -0.39 is 15.4 Å². The summed E-state index contributed by atoms with van der Waals surface area (Å²) in [6, 6.07) is 12.0. The van der Waals surface area contributed by atoms with E-state index in [1.807, 2.05) is 65.0 Å². The number of methoxy groups -OCH3 is 1. The number of hydrogen-bond acceptors (Lipinski definition) is 5. The minimum atomic E-state index is -3.28. The number of ether oxygens (including phenoxy) is 2. The molecule has 0 bridgehead atoms. The summed E-state index contributed by atoms with van der Waals surface area (Å²) < 4.78 is 37.9. The summed E-state index contributed by atoms with van der Waals surface area (Å²) in [7, 11) is -1.63. The molecule has 1 aliphatic rings. The molecular formula is C29H36O5S. The van der Waals surface area contributed by atoms with Crippen LogP contribution in [0, 0.1) is 20.8 Å². The van der Waals surface area contributed by atoms with E-state index in [4.69, 9.17) is 9.47 Å². The van der Waals surface area contributed by atoms with Crippen LogP contribution in [0.5, 0.6) is 17.2 Å². The molecule has 35 heavy (non-hydrogen) atoms. The molecule has 1 aliphatic heterocycles. The monoisotopic (exact) mass is 496 g/mol. The normalized spacial score (nSPS) is 18.7. The highest BCUT2D eigenvalue weighted by atomic mass is 32.2. The van der Waals surface area contributed by atoms with E-state index >= 15 is 0 Å². The molecule has 0 saturated carbocycles. The third-order valence-electron chi connectivity index (χ3n) is 7.68. The minimum Gasteiger partial charge on any atom is -0.507 e. The maximum Gasteiger partial charge on any atom is 0.151 e. The largest absolute Gasteiger partial charge is 0.507 e. The van der Waals surface area contributed by atoms with E-state index in [1.54, 1.807) is 7.11 Å². The summed E-state index contributed by atoms with van der Waals surface area (Å²) >= 11 is 0. The first-order chi connectivity index (χ1) is 16.4. The molecule has 0 aliphatic carbocycles. The maximum atomic E-state index is 13.1. The van der Waals surface area contributed by atoms with Crippen LogP contribution >= 0.6 is 0 Å². The van der Waals surface area contributed by atoms with Crippen LogP contribution < -0.4 is 9.47 Å². The minimum absolute atomic E-state index is 0.0864. The number of phenolic OH excluding ortho intramolecular Hbond substituents is 1. The highest BCUT2D eigenvalue weighted by Crippen LogP contribution is 2.44. The first-order valence-corrected chi connectivity index (χ1v) is 14.0. The van der Waals surface area contributed by atoms with Crippen LogP contribution in [0.25, 0.3) is 10.8 Å². The van der Waals surface area contributed by atoms with Gasteiger partial charge in [-0.3, -0.25) is 0 Å². The van der Waals surface area contributed by atoms with Gasteiger partial charge in [-0.1, -0.05) is 31.2 Å². The molecule has 6 heteroatoms. The van der Waals surface area contributed by atoms with Gasteiger partial charge < -0.3 is 14.6 Å². The number of phenols is 1. The lowest BCUT2D eigenvalue weighted by molar-refractivity contribution is 0.0605. The molecule has 2 unspecified atom stereocenters. The second-order valence-corrected chi connectivity index (χ2v) is 12.5. The van der Waals surface area contributed by atoms with Crippen molar-refractivity contribution < 1.29 is 23.0 Å². The SMILES string of the molecule is COc1ccc2cc(C(C)CS(=O)(=O)CCC3(C)CCc4c(C)c(O)c(C)c(C)c4O3)ccc2c1. The lowest BCUT2D eigenvalue weighted by Gasteiger charge is -2.38. The standard InChI is InChI=1S/C29H36O5S/c1-18(22-7-8-24-16-25(33-6)10-9-23(24)15-22)17-35(31,32)14-13-29(5)12-11-26-21(4)27(30)19(2)20(3)28(26)34-29/h7-10,15-16,18,30H,11-14,17H2,1-6H3.